The first-order valence-corrected chi connectivity index (χ1v) is 5.69. The van der Waals surface area contributed by atoms with E-state index in [0.717, 1.165) is 10.0 Å². The normalized spacial score (nSPS) is 12.5. The van der Waals surface area contributed by atoms with Gasteiger partial charge in [-0.05, 0) is 49.1 Å². The minimum atomic E-state index is -0.743. The van der Waals surface area contributed by atoms with E-state index in [4.69, 9.17) is 5.11 Å². The van der Waals surface area contributed by atoms with Gasteiger partial charge < -0.3 is 5.11 Å². The SMILES string of the molecule is Cc1cc(Br)cc(CC(C)C(=O)O)c1C. The zero-order valence-corrected chi connectivity index (χ0v) is 10.8. The summed E-state index contributed by atoms with van der Waals surface area (Å²) in [6.07, 6.45) is 0.585. The van der Waals surface area contributed by atoms with Gasteiger partial charge in [-0.2, -0.15) is 0 Å². The summed E-state index contributed by atoms with van der Waals surface area (Å²) in [5.74, 6) is -1.08. The van der Waals surface area contributed by atoms with E-state index in [9.17, 15) is 4.79 Å². The van der Waals surface area contributed by atoms with Crippen LogP contribution in [0.25, 0.3) is 0 Å². The second-order valence-corrected chi connectivity index (χ2v) is 4.87. The van der Waals surface area contributed by atoms with E-state index in [1.165, 1.54) is 11.1 Å². The molecule has 82 valence electrons. The Kier molecular flexibility index (Phi) is 3.91. The smallest absolute Gasteiger partial charge is 0.306 e. The number of aryl methyl sites for hydroxylation is 1. The molecule has 2 nitrogen and oxygen atoms in total. The Hall–Kier alpha value is -0.830. The van der Waals surface area contributed by atoms with Crippen LogP contribution in [0.1, 0.15) is 23.6 Å². The van der Waals surface area contributed by atoms with Crippen LogP contribution in [-0.4, -0.2) is 11.1 Å². The third kappa shape index (κ3) is 3.06. The molecule has 0 aliphatic carbocycles. The van der Waals surface area contributed by atoms with E-state index in [1.54, 1.807) is 6.92 Å². The molecular weight excluding hydrogens is 256 g/mol. The second-order valence-electron chi connectivity index (χ2n) is 3.95. The Labute approximate surface area is 98.4 Å². The Morgan fingerprint density at radius 3 is 2.60 bits per heavy atom. The summed E-state index contributed by atoms with van der Waals surface area (Å²) in [5, 5.41) is 8.86. The fourth-order valence-corrected chi connectivity index (χ4v) is 2.13. The summed E-state index contributed by atoms with van der Waals surface area (Å²) in [5.41, 5.74) is 3.49. The Morgan fingerprint density at radius 1 is 1.47 bits per heavy atom. The number of carboxylic acids is 1. The topological polar surface area (TPSA) is 37.3 Å². The van der Waals surface area contributed by atoms with E-state index in [-0.39, 0.29) is 5.92 Å². The Morgan fingerprint density at radius 2 is 2.07 bits per heavy atom. The van der Waals surface area contributed by atoms with E-state index in [2.05, 4.69) is 15.9 Å². The molecule has 1 aromatic carbocycles. The first kappa shape index (κ1) is 12.2. The second kappa shape index (κ2) is 4.79. The molecule has 15 heavy (non-hydrogen) atoms. The van der Waals surface area contributed by atoms with Crippen LogP contribution >= 0.6 is 15.9 Å². The number of benzene rings is 1. The summed E-state index contributed by atoms with van der Waals surface area (Å²) in [6.45, 7) is 5.80. The Balaban J connectivity index is 2.99. The van der Waals surface area contributed by atoms with E-state index < -0.39 is 5.97 Å². The molecule has 0 saturated carbocycles. The van der Waals surface area contributed by atoms with Gasteiger partial charge in [-0.3, -0.25) is 4.79 Å². The molecule has 0 amide bonds. The number of carboxylic acid groups (broad SMARTS) is 1. The van der Waals surface area contributed by atoms with Crippen molar-refractivity contribution in [3.8, 4) is 0 Å². The van der Waals surface area contributed by atoms with Gasteiger partial charge in [0.2, 0.25) is 0 Å². The predicted molar refractivity (Wildman–Crippen MR) is 64.1 cm³/mol. The van der Waals surface area contributed by atoms with Crippen molar-refractivity contribution in [2.24, 2.45) is 5.92 Å². The highest BCUT2D eigenvalue weighted by Gasteiger charge is 2.14. The zero-order chi connectivity index (χ0) is 11.6. The Bertz CT molecular complexity index is 385. The molecule has 1 N–H and O–H groups in total. The van der Waals surface area contributed by atoms with Crippen molar-refractivity contribution in [2.45, 2.75) is 27.2 Å². The predicted octanol–water partition coefficient (Wildman–Crippen LogP) is 3.33. The molecule has 0 aromatic heterocycles. The largest absolute Gasteiger partial charge is 0.481 e. The average molecular weight is 271 g/mol. The quantitative estimate of drug-likeness (QED) is 0.915. The molecule has 3 heteroatoms. The molecule has 0 radical (unpaired) electrons. The van der Waals surface area contributed by atoms with Gasteiger partial charge in [0.1, 0.15) is 0 Å². The number of aliphatic carboxylic acids is 1. The van der Waals surface area contributed by atoms with Gasteiger partial charge in [0.05, 0.1) is 5.92 Å². The van der Waals surface area contributed by atoms with Gasteiger partial charge in [-0.1, -0.05) is 22.9 Å². The summed E-state index contributed by atoms with van der Waals surface area (Å²) >= 11 is 3.43. The van der Waals surface area contributed by atoms with Crippen LogP contribution in [0.3, 0.4) is 0 Å². The van der Waals surface area contributed by atoms with Gasteiger partial charge in [-0.15, -0.1) is 0 Å². The van der Waals surface area contributed by atoms with Crippen LogP contribution in [0.5, 0.6) is 0 Å². The molecule has 0 spiro atoms. The third-order valence-corrected chi connectivity index (χ3v) is 3.15. The molecular formula is C12H15BrO2. The lowest BCUT2D eigenvalue weighted by Crippen LogP contribution is -2.13. The fourth-order valence-electron chi connectivity index (χ4n) is 1.51. The van der Waals surface area contributed by atoms with Gasteiger partial charge in [0, 0.05) is 4.47 Å². The molecule has 0 aliphatic rings. The number of rotatable bonds is 3. The van der Waals surface area contributed by atoms with Crippen molar-refractivity contribution in [3.63, 3.8) is 0 Å². The van der Waals surface area contributed by atoms with Gasteiger partial charge in [0.25, 0.3) is 0 Å². The highest BCUT2D eigenvalue weighted by molar-refractivity contribution is 9.10. The highest BCUT2D eigenvalue weighted by Crippen LogP contribution is 2.22. The summed E-state index contributed by atoms with van der Waals surface area (Å²) < 4.78 is 1.01. The van der Waals surface area contributed by atoms with E-state index >= 15 is 0 Å². The van der Waals surface area contributed by atoms with Crippen LogP contribution in [0, 0.1) is 19.8 Å². The minimum absolute atomic E-state index is 0.336. The van der Waals surface area contributed by atoms with Crippen molar-refractivity contribution in [1.29, 1.82) is 0 Å². The van der Waals surface area contributed by atoms with E-state index in [0.29, 0.717) is 6.42 Å². The maximum Gasteiger partial charge on any atom is 0.306 e. The molecule has 1 rings (SSSR count). The third-order valence-electron chi connectivity index (χ3n) is 2.69. The average Bonchev–Trinajstić information content (AvgIpc) is 2.13. The van der Waals surface area contributed by atoms with Gasteiger partial charge >= 0.3 is 5.97 Å². The van der Waals surface area contributed by atoms with E-state index in [1.807, 2.05) is 26.0 Å². The van der Waals surface area contributed by atoms with Crippen LogP contribution in [-0.2, 0) is 11.2 Å². The van der Waals surface area contributed by atoms with Crippen molar-refractivity contribution < 1.29 is 9.90 Å². The minimum Gasteiger partial charge on any atom is -0.481 e. The lowest BCUT2D eigenvalue weighted by molar-refractivity contribution is -0.141. The molecule has 0 fully saturated rings. The van der Waals surface area contributed by atoms with Gasteiger partial charge in [-0.25, -0.2) is 0 Å². The monoisotopic (exact) mass is 270 g/mol. The van der Waals surface area contributed by atoms with Crippen LogP contribution in [0.4, 0.5) is 0 Å². The summed E-state index contributed by atoms with van der Waals surface area (Å²) in [4.78, 5) is 10.8. The lowest BCUT2D eigenvalue weighted by Gasteiger charge is -2.12. The van der Waals surface area contributed by atoms with Crippen LogP contribution in [0.15, 0.2) is 16.6 Å². The molecule has 0 aliphatic heterocycles. The molecule has 1 unspecified atom stereocenters. The van der Waals surface area contributed by atoms with Crippen molar-refractivity contribution in [2.75, 3.05) is 0 Å². The maximum atomic E-state index is 10.8. The highest BCUT2D eigenvalue weighted by atomic mass is 79.9. The van der Waals surface area contributed by atoms with Crippen LogP contribution in [0.2, 0.25) is 0 Å². The van der Waals surface area contributed by atoms with Crippen molar-refractivity contribution >= 4 is 21.9 Å². The molecule has 1 aromatic rings. The molecule has 0 heterocycles. The summed E-state index contributed by atoms with van der Waals surface area (Å²) in [6, 6.07) is 4.05. The first-order valence-electron chi connectivity index (χ1n) is 4.90. The molecule has 1 atom stereocenters. The van der Waals surface area contributed by atoms with Gasteiger partial charge in [0.15, 0.2) is 0 Å². The first-order chi connectivity index (χ1) is 6.91. The van der Waals surface area contributed by atoms with Crippen LogP contribution < -0.4 is 0 Å². The molecule has 0 bridgehead atoms. The molecule has 0 saturated heterocycles. The number of hydrogen-bond acceptors (Lipinski definition) is 1. The fraction of sp³-hybridized carbons (Fsp3) is 0.417. The lowest BCUT2D eigenvalue weighted by atomic mass is 9.95. The van der Waals surface area contributed by atoms with Crippen molar-refractivity contribution in [1.82, 2.24) is 0 Å². The number of hydrogen-bond donors (Lipinski definition) is 1. The summed E-state index contributed by atoms with van der Waals surface area (Å²) in [7, 11) is 0. The van der Waals surface area contributed by atoms with Crippen molar-refractivity contribution in [3.05, 3.63) is 33.3 Å². The standard InChI is InChI=1S/C12H15BrO2/c1-7-5-11(13)6-10(9(7)3)4-8(2)12(14)15/h5-6,8H,4H2,1-3H3,(H,14,15). The zero-order valence-electron chi connectivity index (χ0n) is 9.17. The number of halogens is 1. The maximum absolute atomic E-state index is 10.8. The number of carbonyl (C=O) groups is 1.